The quantitative estimate of drug-likeness (QED) is 0.659. The average Bonchev–Trinajstić information content (AvgIpc) is 2.57. The third-order valence-electron chi connectivity index (χ3n) is 5.47. The van der Waals surface area contributed by atoms with Crippen LogP contribution in [0.2, 0.25) is 0 Å². The van der Waals surface area contributed by atoms with Crippen molar-refractivity contribution in [2.45, 2.75) is 59.8 Å². The first-order valence-electron chi connectivity index (χ1n) is 9.26. The molecule has 0 spiro atoms. The van der Waals surface area contributed by atoms with Gasteiger partial charge in [0.1, 0.15) is 0 Å². The molecule has 3 N–H and O–H groups in total. The lowest BCUT2D eigenvalue weighted by Crippen LogP contribution is -2.40. The molecule has 1 aromatic carbocycles. The number of hydrogen-bond acceptors (Lipinski definition) is 4. The summed E-state index contributed by atoms with van der Waals surface area (Å²) in [7, 11) is -1.97. The Balaban J connectivity index is 0.00000729. The van der Waals surface area contributed by atoms with Crippen LogP contribution in [0, 0.1) is 40.0 Å². The number of hydrogen-bond donors (Lipinski definition) is 2. The minimum atomic E-state index is -3.69. The van der Waals surface area contributed by atoms with Crippen molar-refractivity contribution < 1.29 is 13.2 Å². The number of carbonyl (C=O) groups excluding carboxylic acids is 1. The van der Waals surface area contributed by atoms with E-state index in [4.69, 9.17) is 5.73 Å². The van der Waals surface area contributed by atoms with E-state index in [-0.39, 0.29) is 36.7 Å². The van der Waals surface area contributed by atoms with E-state index in [0.717, 1.165) is 27.8 Å². The van der Waals surface area contributed by atoms with Crippen LogP contribution < -0.4 is 10.5 Å². The van der Waals surface area contributed by atoms with E-state index in [1.54, 1.807) is 11.9 Å². The van der Waals surface area contributed by atoms with Crippen molar-refractivity contribution in [1.82, 2.24) is 9.62 Å². The van der Waals surface area contributed by atoms with Crippen LogP contribution in [0.25, 0.3) is 0 Å². The monoisotopic (exact) mass is 433 g/mol. The minimum absolute atomic E-state index is 0. The number of amides is 1. The lowest BCUT2D eigenvalue weighted by atomic mass is 9.93. The number of sulfonamides is 1. The van der Waals surface area contributed by atoms with Crippen LogP contribution in [0.4, 0.5) is 0 Å². The largest absolute Gasteiger partial charge is 0.345 e. The maximum Gasteiger partial charge on any atom is 0.241 e. The van der Waals surface area contributed by atoms with Gasteiger partial charge < -0.3 is 10.6 Å². The van der Waals surface area contributed by atoms with Crippen LogP contribution >= 0.6 is 12.4 Å². The summed E-state index contributed by atoms with van der Waals surface area (Å²) in [6.45, 7) is 14.6. The highest BCUT2D eigenvalue weighted by Crippen LogP contribution is 2.29. The summed E-state index contributed by atoms with van der Waals surface area (Å²) in [5.74, 6) is -0.107. The first-order chi connectivity index (χ1) is 12.2. The Morgan fingerprint density at radius 3 is 1.86 bits per heavy atom. The molecule has 0 heterocycles. The highest BCUT2D eigenvalue weighted by Gasteiger charge is 2.24. The van der Waals surface area contributed by atoms with Crippen LogP contribution in [0.1, 0.15) is 48.1 Å². The van der Waals surface area contributed by atoms with Crippen molar-refractivity contribution in [3.8, 4) is 0 Å². The number of nitrogens with zero attached hydrogens (tertiary/aromatic N) is 1. The second kappa shape index (κ2) is 10.1. The predicted octanol–water partition coefficient (Wildman–Crippen LogP) is 2.76. The summed E-state index contributed by atoms with van der Waals surface area (Å²) in [5.41, 5.74) is 10.1. The van der Waals surface area contributed by atoms with Gasteiger partial charge in [-0.15, -0.1) is 12.4 Å². The molecular formula is C20H36ClN3O3S. The van der Waals surface area contributed by atoms with Crippen LogP contribution in [0.15, 0.2) is 4.90 Å². The molecule has 0 unspecified atom stereocenters. The lowest BCUT2D eigenvalue weighted by molar-refractivity contribution is -0.130. The number of nitrogens with two attached hydrogens (primary N) is 1. The normalized spacial score (nSPS) is 11.9. The van der Waals surface area contributed by atoms with Gasteiger partial charge in [-0.1, -0.05) is 13.8 Å². The molecule has 0 saturated carbocycles. The molecule has 0 aliphatic rings. The summed E-state index contributed by atoms with van der Waals surface area (Å²) in [6.07, 6.45) is 0.109. The third-order valence-corrected chi connectivity index (χ3v) is 7.21. The van der Waals surface area contributed by atoms with Crippen LogP contribution in [-0.2, 0) is 14.8 Å². The molecule has 28 heavy (non-hydrogen) atoms. The van der Waals surface area contributed by atoms with Gasteiger partial charge in [-0.3, -0.25) is 4.79 Å². The van der Waals surface area contributed by atoms with Crippen molar-refractivity contribution in [2.24, 2.45) is 11.1 Å². The highest BCUT2D eigenvalue weighted by atomic mass is 35.5. The molecule has 1 aromatic rings. The Kier molecular flexibility index (Phi) is 9.64. The zero-order valence-corrected chi connectivity index (χ0v) is 20.0. The molecule has 0 atom stereocenters. The zero-order chi connectivity index (χ0) is 21.2. The number of rotatable bonds is 8. The highest BCUT2D eigenvalue weighted by molar-refractivity contribution is 7.89. The Morgan fingerprint density at radius 1 is 1.00 bits per heavy atom. The third kappa shape index (κ3) is 6.17. The molecule has 1 rings (SSSR count). The van der Waals surface area contributed by atoms with Gasteiger partial charge in [-0.05, 0) is 74.4 Å². The van der Waals surface area contributed by atoms with E-state index in [9.17, 15) is 13.2 Å². The molecule has 8 heteroatoms. The molecule has 0 radical (unpaired) electrons. The Hall–Kier alpha value is -1.15. The van der Waals surface area contributed by atoms with E-state index in [2.05, 4.69) is 4.72 Å². The first-order valence-corrected chi connectivity index (χ1v) is 10.7. The van der Waals surface area contributed by atoms with Crippen molar-refractivity contribution in [3.63, 3.8) is 0 Å². The van der Waals surface area contributed by atoms with Gasteiger partial charge >= 0.3 is 0 Å². The second-order valence-corrected chi connectivity index (χ2v) is 9.92. The molecule has 0 saturated heterocycles. The summed E-state index contributed by atoms with van der Waals surface area (Å²) in [5, 5.41) is 0. The molecule has 0 aromatic heterocycles. The van der Waals surface area contributed by atoms with Gasteiger partial charge in [0, 0.05) is 26.6 Å². The van der Waals surface area contributed by atoms with Crippen molar-refractivity contribution >= 4 is 28.3 Å². The summed E-state index contributed by atoms with van der Waals surface area (Å²) >= 11 is 0. The standard InChI is InChI=1S/C20H35N3O3S.ClH/c1-13-14(2)16(4)19(17(5)15(13)3)27(25,26)22-10-9-18(24)23(8)12-20(6,7)11-21;/h22H,9-12,21H2,1-8H3;1H. The minimum Gasteiger partial charge on any atom is -0.345 e. The van der Waals surface area contributed by atoms with Crippen molar-refractivity contribution in [1.29, 1.82) is 0 Å². The number of carbonyl (C=O) groups is 1. The summed E-state index contributed by atoms with van der Waals surface area (Å²) in [6, 6.07) is 0. The fraction of sp³-hybridized carbons (Fsp3) is 0.650. The molecule has 162 valence electrons. The molecule has 6 nitrogen and oxygen atoms in total. The maximum atomic E-state index is 12.9. The number of nitrogens with one attached hydrogen (secondary N) is 1. The van der Waals surface area contributed by atoms with E-state index < -0.39 is 10.0 Å². The zero-order valence-electron chi connectivity index (χ0n) is 18.4. The van der Waals surface area contributed by atoms with Gasteiger partial charge in [0.15, 0.2) is 0 Å². The predicted molar refractivity (Wildman–Crippen MR) is 118 cm³/mol. The van der Waals surface area contributed by atoms with Crippen LogP contribution in [0.5, 0.6) is 0 Å². The van der Waals surface area contributed by atoms with Gasteiger partial charge in [-0.25, -0.2) is 13.1 Å². The second-order valence-electron chi connectivity index (χ2n) is 8.22. The SMILES string of the molecule is Cc1c(C)c(C)c(S(=O)(=O)NCCC(=O)N(C)CC(C)(C)CN)c(C)c1C.Cl. The fourth-order valence-electron chi connectivity index (χ4n) is 3.22. The molecule has 1 amide bonds. The Bertz CT molecular complexity index is 791. The smallest absolute Gasteiger partial charge is 0.241 e. The van der Waals surface area contributed by atoms with E-state index in [1.165, 1.54) is 0 Å². The Labute approximate surface area is 176 Å². The lowest BCUT2D eigenvalue weighted by Gasteiger charge is -2.29. The summed E-state index contributed by atoms with van der Waals surface area (Å²) in [4.78, 5) is 14.2. The molecule has 0 aliphatic heterocycles. The van der Waals surface area contributed by atoms with E-state index in [0.29, 0.717) is 18.0 Å². The average molecular weight is 434 g/mol. The maximum absolute atomic E-state index is 12.9. The van der Waals surface area contributed by atoms with Crippen LogP contribution in [0.3, 0.4) is 0 Å². The molecule has 0 bridgehead atoms. The fourth-order valence-corrected chi connectivity index (χ4v) is 4.85. The Morgan fingerprint density at radius 2 is 1.43 bits per heavy atom. The van der Waals surface area contributed by atoms with E-state index >= 15 is 0 Å². The van der Waals surface area contributed by atoms with Gasteiger partial charge in [0.25, 0.3) is 0 Å². The molecule has 0 aliphatic carbocycles. The first kappa shape index (κ1) is 26.9. The van der Waals surface area contributed by atoms with Crippen molar-refractivity contribution in [3.05, 3.63) is 27.8 Å². The van der Waals surface area contributed by atoms with Gasteiger partial charge in [0.05, 0.1) is 4.90 Å². The van der Waals surface area contributed by atoms with Gasteiger partial charge in [0.2, 0.25) is 15.9 Å². The van der Waals surface area contributed by atoms with Crippen LogP contribution in [-0.4, -0.2) is 45.9 Å². The van der Waals surface area contributed by atoms with Gasteiger partial charge in [-0.2, -0.15) is 0 Å². The van der Waals surface area contributed by atoms with E-state index in [1.807, 2.05) is 48.5 Å². The van der Waals surface area contributed by atoms with Crippen molar-refractivity contribution in [2.75, 3.05) is 26.7 Å². The molecular weight excluding hydrogens is 398 g/mol. The molecule has 0 fully saturated rings. The number of halogens is 1. The topological polar surface area (TPSA) is 92.5 Å². The summed E-state index contributed by atoms with van der Waals surface area (Å²) < 4.78 is 28.3. The number of benzene rings is 1.